The summed E-state index contributed by atoms with van der Waals surface area (Å²) in [6.07, 6.45) is 47.8. The van der Waals surface area contributed by atoms with Crippen molar-refractivity contribution in [1.29, 1.82) is 0 Å². The largest absolute Gasteiger partial charge is 0.756 e. The molecule has 0 rings (SSSR count). The first-order valence-electron chi connectivity index (χ1n) is 24.2. The molecular formula is C48H95N2O6P. The average Bonchev–Trinajstić information content (AvgIpc) is 3.16. The van der Waals surface area contributed by atoms with E-state index >= 15 is 0 Å². The van der Waals surface area contributed by atoms with Crippen LogP contribution in [0.5, 0.6) is 0 Å². The lowest BCUT2D eigenvalue weighted by molar-refractivity contribution is -0.870. The van der Waals surface area contributed by atoms with Crippen LogP contribution in [0.15, 0.2) is 24.3 Å². The number of allylic oxidation sites excluding steroid dienone is 4. The van der Waals surface area contributed by atoms with E-state index < -0.39 is 20.0 Å². The van der Waals surface area contributed by atoms with Crippen molar-refractivity contribution in [3.8, 4) is 0 Å². The Labute approximate surface area is 354 Å². The zero-order valence-electron chi connectivity index (χ0n) is 38.3. The number of phosphoric acid groups is 1. The lowest BCUT2D eigenvalue weighted by Gasteiger charge is -2.30. The van der Waals surface area contributed by atoms with Gasteiger partial charge in [0, 0.05) is 6.42 Å². The second kappa shape index (κ2) is 40.4. The summed E-state index contributed by atoms with van der Waals surface area (Å²) in [4.78, 5) is 25.3. The number of quaternary nitrogens is 1. The van der Waals surface area contributed by atoms with Gasteiger partial charge in [-0.1, -0.05) is 199 Å². The van der Waals surface area contributed by atoms with Crippen LogP contribution in [0.3, 0.4) is 0 Å². The minimum atomic E-state index is -4.55. The number of rotatable bonds is 44. The number of likely N-dealkylation sites (N-methyl/N-ethyl adjacent to an activating group) is 1. The van der Waals surface area contributed by atoms with Crippen LogP contribution in [-0.2, 0) is 18.4 Å². The topological polar surface area (TPSA) is 108 Å². The van der Waals surface area contributed by atoms with E-state index in [4.69, 9.17) is 9.05 Å². The van der Waals surface area contributed by atoms with Gasteiger partial charge in [0.25, 0.3) is 7.82 Å². The quantitative estimate of drug-likeness (QED) is 0.0274. The summed E-state index contributed by atoms with van der Waals surface area (Å²) in [6, 6.07) is -0.795. The van der Waals surface area contributed by atoms with E-state index in [1.807, 2.05) is 21.1 Å². The number of amides is 1. The van der Waals surface area contributed by atoms with Crippen molar-refractivity contribution in [1.82, 2.24) is 5.32 Å². The van der Waals surface area contributed by atoms with Gasteiger partial charge in [-0.25, -0.2) is 0 Å². The van der Waals surface area contributed by atoms with Crippen molar-refractivity contribution >= 4 is 13.7 Å². The van der Waals surface area contributed by atoms with Crippen LogP contribution in [0.1, 0.15) is 226 Å². The van der Waals surface area contributed by atoms with Crippen molar-refractivity contribution in [3.05, 3.63) is 24.3 Å². The fourth-order valence-electron chi connectivity index (χ4n) is 7.07. The fourth-order valence-corrected chi connectivity index (χ4v) is 7.79. The van der Waals surface area contributed by atoms with Crippen LogP contribution >= 0.6 is 7.82 Å². The normalized spacial score (nSPS) is 14.4. The summed E-state index contributed by atoms with van der Waals surface area (Å²) in [5, 5.41) is 13.8. The van der Waals surface area contributed by atoms with Crippen molar-refractivity contribution in [3.63, 3.8) is 0 Å². The Balaban J connectivity index is 4.02. The molecule has 0 spiro atoms. The number of nitrogens with one attached hydrogen (secondary N) is 1. The maximum atomic E-state index is 12.8. The highest BCUT2D eigenvalue weighted by molar-refractivity contribution is 7.45. The molecule has 0 aromatic rings. The third-order valence-electron chi connectivity index (χ3n) is 10.9. The van der Waals surface area contributed by atoms with Crippen LogP contribution in [0, 0.1) is 0 Å². The van der Waals surface area contributed by atoms with Gasteiger partial charge in [0.2, 0.25) is 5.91 Å². The first kappa shape index (κ1) is 56.0. The Bertz CT molecular complexity index is 984. The molecule has 338 valence electrons. The Morgan fingerprint density at radius 3 is 1.46 bits per heavy atom. The van der Waals surface area contributed by atoms with Crippen LogP contribution in [0.2, 0.25) is 0 Å². The van der Waals surface area contributed by atoms with Crippen LogP contribution in [-0.4, -0.2) is 68.5 Å². The molecular weight excluding hydrogens is 732 g/mol. The highest BCUT2D eigenvalue weighted by Gasteiger charge is 2.24. The molecule has 3 atom stereocenters. The van der Waals surface area contributed by atoms with Gasteiger partial charge in [-0.05, 0) is 44.9 Å². The van der Waals surface area contributed by atoms with Crippen LogP contribution < -0.4 is 10.2 Å². The molecule has 2 N–H and O–H groups in total. The lowest BCUT2D eigenvalue weighted by Crippen LogP contribution is -2.46. The molecule has 0 aliphatic rings. The number of hydrogen-bond donors (Lipinski definition) is 2. The van der Waals surface area contributed by atoms with Gasteiger partial charge >= 0.3 is 0 Å². The summed E-state index contributed by atoms with van der Waals surface area (Å²) in [5.41, 5.74) is 0. The zero-order valence-corrected chi connectivity index (χ0v) is 39.2. The number of hydrogen-bond acceptors (Lipinski definition) is 6. The van der Waals surface area contributed by atoms with E-state index in [1.54, 1.807) is 0 Å². The molecule has 9 heteroatoms. The Kier molecular flexibility index (Phi) is 39.7. The van der Waals surface area contributed by atoms with Gasteiger partial charge in [0.15, 0.2) is 0 Å². The van der Waals surface area contributed by atoms with Gasteiger partial charge in [-0.3, -0.25) is 9.36 Å². The van der Waals surface area contributed by atoms with Crippen molar-refractivity contribution < 1.29 is 32.9 Å². The number of unbranched alkanes of at least 4 members (excludes halogenated alkanes) is 27. The minimum absolute atomic E-state index is 0.0130. The fraction of sp³-hybridized carbons (Fsp3) is 0.896. The highest BCUT2D eigenvalue weighted by Crippen LogP contribution is 2.38. The third-order valence-corrected chi connectivity index (χ3v) is 11.9. The molecule has 1 amide bonds. The summed E-state index contributed by atoms with van der Waals surface area (Å²) < 4.78 is 23.2. The van der Waals surface area contributed by atoms with E-state index in [1.165, 1.54) is 154 Å². The Morgan fingerprint density at radius 2 is 1.02 bits per heavy atom. The maximum Gasteiger partial charge on any atom is 0.268 e. The van der Waals surface area contributed by atoms with Gasteiger partial charge in [0.1, 0.15) is 13.2 Å². The first-order chi connectivity index (χ1) is 27.5. The number of aliphatic hydroxyl groups excluding tert-OH is 1. The van der Waals surface area contributed by atoms with Crippen molar-refractivity contribution in [2.75, 3.05) is 40.9 Å². The summed E-state index contributed by atoms with van der Waals surface area (Å²) in [5.74, 6) is -0.167. The molecule has 0 bridgehead atoms. The molecule has 57 heavy (non-hydrogen) atoms. The predicted molar refractivity (Wildman–Crippen MR) is 242 cm³/mol. The van der Waals surface area contributed by atoms with Gasteiger partial charge in [0.05, 0.1) is 39.9 Å². The van der Waals surface area contributed by atoms with E-state index in [9.17, 15) is 19.4 Å². The van der Waals surface area contributed by atoms with Gasteiger partial charge < -0.3 is 28.8 Å². The summed E-state index contributed by atoms with van der Waals surface area (Å²) in [7, 11) is 1.31. The molecule has 0 radical (unpaired) electrons. The molecule has 0 saturated carbocycles. The Morgan fingerprint density at radius 1 is 0.614 bits per heavy atom. The molecule has 8 nitrogen and oxygen atoms in total. The number of nitrogens with zero attached hydrogens (tertiary/aromatic N) is 1. The lowest BCUT2D eigenvalue weighted by atomic mass is 10.0. The molecule has 0 aliphatic carbocycles. The average molecular weight is 827 g/mol. The van der Waals surface area contributed by atoms with Crippen LogP contribution in [0.25, 0.3) is 0 Å². The molecule has 0 aliphatic heterocycles. The zero-order chi connectivity index (χ0) is 42.1. The molecule has 3 unspecified atom stereocenters. The van der Waals surface area contributed by atoms with E-state index in [-0.39, 0.29) is 19.1 Å². The van der Waals surface area contributed by atoms with E-state index in [0.29, 0.717) is 23.9 Å². The third kappa shape index (κ3) is 42.9. The van der Waals surface area contributed by atoms with Gasteiger partial charge in [-0.2, -0.15) is 0 Å². The van der Waals surface area contributed by atoms with E-state index in [2.05, 4.69) is 43.5 Å². The highest BCUT2D eigenvalue weighted by atomic mass is 31.2. The van der Waals surface area contributed by atoms with Crippen molar-refractivity contribution in [2.24, 2.45) is 0 Å². The van der Waals surface area contributed by atoms with Gasteiger partial charge in [-0.15, -0.1) is 0 Å². The van der Waals surface area contributed by atoms with Crippen molar-refractivity contribution in [2.45, 2.75) is 238 Å². The standard InChI is InChI=1S/C48H95N2O6P/c1-6-8-10-12-14-16-17-18-19-20-21-22-23-24-25-26-27-28-29-30-31-32-33-34-36-38-40-42-48(52)49-46(45-56-57(53,54)55-44-43-50(3,4)5)47(51)41-39-37-35-15-13-11-9-7-2/h17-18,20-21,46-47,51H,6-16,19,22-45H2,1-5H3,(H-,49,52,53,54)/b18-17-,21-20-. The first-order valence-corrected chi connectivity index (χ1v) is 25.6. The molecule has 0 aromatic carbocycles. The summed E-state index contributed by atoms with van der Waals surface area (Å²) >= 11 is 0. The molecule has 0 saturated heterocycles. The Hall–Kier alpha value is -1.02. The number of carbonyl (C=O) groups excluding carboxylic acids is 1. The number of aliphatic hydroxyl groups is 1. The monoisotopic (exact) mass is 827 g/mol. The predicted octanol–water partition coefficient (Wildman–Crippen LogP) is 13.1. The van der Waals surface area contributed by atoms with Crippen LogP contribution in [0.4, 0.5) is 0 Å². The second-order valence-electron chi connectivity index (χ2n) is 17.8. The smallest absolute Gasteiger partial charge is 0.268 e. The second-order valence-corrected chi connectivity index (χ2v) is 19.2. The number of phosphoric ester groups is 1. The molecule has 0 aromatic heterocycles. The SMILES string of the molecule is CCCCCCC/C=C\C/C=C\CCCCCCCCCCCCCCCCCC(=O)NC(COP(=O)([O-])OCC[N+](C)(C)C)C(O)CCCCCCCCCC. The molecule has 0 heterocycles. The maximum absolute atomic E-state index is 12.8. The number of carbonyl (C=O) groups is 1. The summed E-state index contributed by atoms with van der Waals surface area (Å²) in [6.45, 7) is 4.68. The molecule has 0 fully saturated rings. The van der Waals surface area contributed by atoms with E-state index in [0.717, 1.165) is 44.9 Å². The minimum Gasteiger partial charge on any atom is -0.756 e.